The van der Waals surface area contributed by atoms with Crippen LogP contribution in [0.2, 0.25) is 0 Å². The van der Waals surface area contributed by atoms with Crippen LogP contribution < -0.4 is 11.1 Å². The Labute approximate surface area is 117 Å². The molecule has 0 aliphatic rings. The van der Waals surface area contributed by atoms with Crippen molar-refractivity contribution < 1.29 is 4.92 Å². The normalized spacial score (nSPS) is 10.2. The van der Waals surface area contributed by atoms with Crippen molar-refractivity contribution in [3.8, 4) is 0 Å². The first-order valence-electron chi connectivity index (χ1n) is 5.40. The maximum atomic E-state index is 10.9. The van der Waals surface area contributed by atoms with E-state index in [4.69, 9.17) is 5.73 Å². The van der Waals surface area contributed by atoms with E-state index in [1.54, 1.807) is 31.3 Å². The number of aryl methyl sites for hydroxylation is 1. The van der Waals surface area contributed by atoms with Gasteiger partial charge in [-0.15, -0.1) is 0 Å². The van der Waals surface area contributed by atoms with Crippen LogP contribution in [0.5, 0.6) is 0 Å². The lowest BCUT2D eigenvalue weighted by molar-refractivity contribution is -0.385. The fraction of sp³-hybridized carbons (Fsp3) is 0.0833. The Morgan fingerprint density at radius 3 is 2.79 bits per heavy atom. The van der Waals surface area contributed by atoms with Gasteiger partial charge in [0.2, 0.25) is 0 Å². The molecule has 1 heterocycles. The molecule has 0 saturated carbocycles. The lowest BCUT2D eigenvalue weighted by Gasteiger charge is -2.09. The highest BCUT2D eigenvalue weighted by Gasteiger charge is 2.11. The van der Waals surface area contributed by atoms with E-state index in [1.807, 2.05) is 0 Å². The predicted octanol–water partition coefficient (Wildman–Crippen LogP) is 3.39. The Morgan fingerprint density at radius 2 is 2.16 bits per heavy atom. The van der Waals surface area contributed by atoms with E-state index in [-0.39, 0.29) is 5.69 Å². The molecular formula is C12H11BrN4O2. The first kappa shape index (κ1) is 13.3. The molecule has 0 aliphatic carbocycles. The average Bonchev–Trinajstić information content (AvgIpc) is 2.34. The standard InChI is InChI=1S/C12H11BrN4O2/c1-7-2-3-9(5-11(7)17(18)19)16-12-10(14)4-8(13)6-15-12/h2-6H,14H2,1H3,(H,15,16). The molecule has 3 N–H and O–H groups in total. The van der Waals surface area contributed by atoms with Gasteiger partial charge < -0.3 is 11.1 Å². The van der Waals surface area contributed by atoms with E-state index in [0.29, 0.717) is 22.8 Å². The van der Waals surface area contributed by atoms with Crippen LogP contribution in [0.3, 0.4) is 0 Å². The summed E-state index contributed by atoms with van der Waals surface area (Å²) in [6, 6.07) is 6.58. The number of nitro benzene ring substituents is 1. The van der Waals surface area contributed by atoms with Crippen molar-refractivity contribution in [1.29, 1.82) is 0 Å². The summed E-state index contributed by atoms with van der Waals surface area (Å²) < 4.78 is 0.769. The number of halogens is 1. The topological polar surface area (TPSA) is 94.1 Å². The van der Waals surface area contributed by atoms with Crippen LogP contribution in [0.25, 0.3) is 0 Å². The molecule has 98 valence electrons. The van der Waals surface area contributed by atoms with Gasteiger partial charge in [-0.1, -0.05) is 6.07 Å². The van der Waals surface area contributed by atoms with Crippen molar-refractivity contribution in [3.63, 3.8) is 0 Å². The molecule has 0 bridgehead atoms. The molecule has 0 amide bonds. The molecular weight excluding hydrogens is 312 g/mol. The molecule has 19 heavy (non-hydrogen) atoms. The monoisotopic (exact) mass is 322 g/mol. The second-order valence-electron chi connectivity index (χ2n) is 3.97. The zero-order chi connectivity index (χ0) is 14.0. The quantitative estimate of drug-likeness (QED) is 0.667. The fourth-order valence-corrected chi connectivity index (χ4v) is 1.93. The van der Waals surface area contributed by atoms with E-state index in [2.05, 4.69) is 26.2 Å². The summed E-state index contributed by atoms with van der Waals surface area (Å²) >= 11 is 3.26. The van der Waals surface area contributed by atoms with Gasteiger partial charge in [-0.25, -0.2) is 4.98 Å². The number of nitrogens with one attached hydrogen (secondary N) is 1. The predicted molar refractivity (Wildman–Crippen MR) is 77.5 cm³/mol. The van der Waals surface area contributed by atoms with E-state index in [9.17, 15) is 10.1 Å². The van der Waals surface area contributed by atoms with Gasteiger partial charge in [-0.2, -0.15) is 0 Å². The first-order chi connectivity index (χ1) is 8.97. The molecule has 0 fully saturated rings. The van der Waals surface area contributed by atoms with Crippen LogP contribution in [-0.4, -0.2) is 9.91 Å². The minimum Gasteiger partial charge on any atom is -0.396 e. The Morgan fingerprint density at radius 1 is 1.42 bits per heavy atom. The first-order valence-corrected chi connectivity index (χ1v) is 6.20. The maximum absolute atomic E-state index is 10.9. The minimum absolute atomic E-state index is 0.0562. The third kappa shape index (κ3) is 3.00. The molecule has 1 aromatic carbocycles. The van der Waals surface area contributed by atoms with Crippen molar-refractivity contribution >= 4 is 38.8 Å². The number of anilines is 3. The molecule has 1 aromatic heterocycles. The number of rotatable bonds is 3. The maximum Gasteiger partial charge on any atom is 0.274 e. The second kappa shape index (κ2) is 5.23. The zero-order valence-electron chi connectivity index (χ0n) is 10.1. The van der Waals surface area contributed by atoms with Crippen molar-refractivity contribution in [2.24, 2.45) is 0 Å². The summed E-state index contributed by atoms with van der Waals surface area (Å²) in [5.74, 6) is 0.460. The van der Waals surface area contributed by atoms with E-state index < -0.39 is 4.92 Å². The highest BCUT2D eigenvalue weighted by Crippen LogP contribution is 2.27. The summed E-state index contributed by atoms with van der Waals surface area (Å²) in [5, 5.41) is 13.8. The molecule has 0 atom stereocenters. The largest absolute Gasteiger partial charge is 0.396 e. The SMILES string of the molecule is Cc1ccc(Nc2ncc(Br)cc2N)cc1[N+](=O)[O-]. The average molecular weight is 323 g/mol. The number of hydrogen-bond donors (Lipinski definition) is 2. The Kier molecular flexibility index (Phi) is 3.66. The van der Waals surface area contributed by atoms with Gasteiger partial charge in [0.1, 0.15) is 0 Å². The van der Waals surface area contributed by atoms with Crippen molar-refractivity contribution in [2.45, 2.75) is 6.92 Å². The summed E-state index contributed by atoms with van der Waals surface area (Å²) in [4.78, 5) is 14.6. The molecule has 2 rings (SSSR count). The van der Waals surface area contributed by atoms with E-state index in [1.165, 1.54) is 6.07 Å². The Balaban J connectivity index is 2.33. The summed E-state index contributed by atoms with van der Waals surface area (Å²) in [6.07, 6.45) is 1.60. The molecule has 7 heteroatoms. The summed E-state index contributed by atoms with van der Waals surface area (Å²) in [5.41, 5.74) is 7.49. The lowest BCUT2D eigenvalue weighted by atomic mass is 10.2. The number of nitrogen functional groups attached to an aromatic ring is 1. The van der Waals surface area contributed by atoms with Crippen molar-refractivity contribution in [2.75, 3.05) is 11.1 Å². The molecule has 0 spiro atoms. The second-order valence-corrected chi connectivity index (χ2v) is 4.89. The van der Waals surface area contributed by atoms with Crippen LogP contribution in [0, 0.1) is 17.0 Å². The highest BCUT2D eigenvalue weighted by molar-refractivity contribution is 9.10. The van der Waals surface area contributed by atoms with Crippen LogP contribution in [0.4, 0.5) is 22.9 Å². The van der Waals surface area contributed by atoms with Gasteiger partial charge in [0.05, 0.1) is 10.6 Å². The molecule has 0 aliphatic heterocycles. The third-order valence-electron chi connectivity index (χ3n) is 2.55. The summed E-state index contributed by atoms with van der Waals surface area (Å²) in [6.45, 7) is 1.69. The van der Waals surface area contributed by atoms with Gasteiger partial charge in [-0.05, 0) is 35.0 Å². The zero-order valence-corrected chi connectivity index (χ0v) is 11.6. The number of aromatic nitrogens is 1. The van der Waals surface area contributed by atoms with Gasteiger partial charge in [-0.3, -0.25) is 10.1 Å². The van der Waals surface area contributed by atoms with Crippen molar-refractivity contribution in [3.05, 3.63) is 50.6 Å². The molecule has 6 nitrogen and oxygen atoms in total. The van der Waals surface area contributed by atoms with Crippen LogP contribution in [-0.2, 0) is 0 Å². The van der Waals surface area contributed by atoms with Gasteiger partial charge >= 0.3 is 0 Å². The van der Waals surface area contributed by atoms with Crippen molar-refractivity contribution in [1.82, 2.24) is 4.98 Å². The van der Waals surface area contributed by atoms with Gasteiger partial charge in [0.15, 0.2) is 5.82 Å². The number of benzene rings is 1. The van der Waals surface area contributed by atoms with Crippen LogP contribution in [0.15, 0.2) is 34.9 Å². The van der Waals surface area contributed by atoms with E-state index >= 15 is 0 Å². The minimum atomic E-state index is -0.418. The van der Waals surface area contributed by atoms with Gasteiger partial charge in [0, 0.05) is 28.0 Å². The smallest absolute Gasteiger partial charge is 0.274 e. The van der Waals surface area contributed by atoms with E-state index in [0.717, 1.165) is 4.47 Å². The number of hydrogen-bond acceptors (Lipinski definition) is 5. The Bertz CT molecular complexity index is 646. The number of nitrogens with zero attached hydrogens (tertiary/aromatic N) is 2. The number of pyridine rings is 1. The molecule has 0 radical (unpaired) electrons. The van der Waals surface area contributed by atoms with Crippen LogP contribution in [0.1, 0.15) is 5.56 Å². The Hall–Kier alpha value is -2.15. The highest BCUT2D eigenvalue weighted by atomic mass is 79.9. The fourth-order valence-electron chi connectivity index (χ4n) is 1.58. The van der Waals surface area contributed by atoms with Gasteiger partial charge in [0.25, 0.3) is 5.69 Å². The summed E-state index contributed by atoms with van der Waals surface area (Å²) in [7, 11) is 0. The van der Waals surface area contributed by atoms with Crippen LogP contribution >= 0.6 is 15.9 Å². The molecule has 2 aromatic rings. The third-order valence-corrected chi connectivity index (χ3v) is 2.99. The molecule has 0 unspecified atom stereocenters. The lowest BCUT2D eigenvalue weighted by Crippen LogP contribution is -2.00. The number of nitrogens with two attached hydrogens (primary N) is 1. The number of nitro groups is 1. The molecule has 0 saturated heterocycles.